The summed E-state index contributed by atoms with van der Waals surface area (Å²) in [6, 6.07) is 8.09. The largest absolute Gasteiger partial charge is 0.493 e. The highest BCUT2D eigenvalue weighted by Gasteiger charge is 2.31. The first-order valence-electron chi connectivity index (χ1n) is 8.21. The van der Waals surface area contributed by atoms with Crippen LogP contribution in [0, 0.1) is 0 Å². The van der Waals surface area contributed by atoms with E-state index in [1.54, 1.807) is 37.5 Å². The second-order valence-electron chi connectivity index (χ2n) is 5.60. The minimum absolute atomic E-state index is 0.0888. The van der Waals surface area contributed by atoms with Gasteiger partial charge in [0.2, 0.25) is 5.76 Å². The molecule has 2 aromatic rings. The van der Waals surface area contributed by atoms with Crippen LogP contribution in [-0.4, -0.2) is 48.5 Å². The number of carbonyl (C=O) groups excluding carboxylic acids is 2. The molecular formula is C19H17NO6S2. The van der Waals surface area contributed by atoms with Crippen LogP contribution in [0.25, 0.3) is 6.08 Å². The zero-order chi connectivity index (χ0) is 20.1. The Morgan fingerprint density at radius 2 is 2.11 bits per heavy atom. The second kappa shape index (κ2) is 9.05. The van der Waals surface area contributed by atoms with Crippen molar-refractivity contribution in [3.05, 3.63) is 52.8 Å². The topological polar surface area (TPSA) is 78.2 Å². The van der Waals surface area contributed by atoms with Gasteiger partial charge in [-0.1, -0.05) is 30.0 Å². The fourth-order valence-corrected chi connectivity index (χ4v) is 3.74. The summed E-state index contributed by atoms with van der Waals surface area (Å²) in [5.74, 6) is -0.113. The molecule has 1 aromatic heterocycles. The zero-order valence-electron chi connectivity index (χ0n) is 15.2. The number of thioether (sulfide) groups is 1. The van der Waals surface area contributed by atoms with Crippen LogP contribution in [0.5, 0.6) is 11.5 Å². The number of hydrogen-bond donors (Lipinski definition) is 0. The van der Waals surface area contributed by atoms with E-state index in [1.165, 1.54) is 36.1 Å². The van der Waals surface area contributed by atoms with Gasteiger partial charge >= 0.3 is 5.97 Å². The summed E-state index contributed by atoms with van der Waals surface area (Å²) < 4.78 is 21.1. The Bertz CT molecular complexity index is 923. The lowest BCUT2D eigenvalue weighted by molar-refractivity contribution is -0.122. The highest BCUT2D eigenvalue weighted by molar-refractivity contribution is 8.26. The van der Waals surface area contributed by atoms with Crippen molar-refractivity contribution in [2.45, 2.75) is 0 Å². The van der Waals surface area contributed by atoms with Crippen molar-refractivity contribution in [3.8, 4) is 11.5 Å². The van der Waals surface area contributed by atoms with Crippen LogP contribution in [0.1, 0.15) is 16.1 Å². The molecule has 0 N–H and O–H groups in total. The van der Waals surface area contributed by atoms with Crippen LogP contribution in [-0.2, 0) is 9.53 Å². The molecule has 0 aliphatic carbocycles. The van der Waals surface area contributed by atoms with E-state index in [2.05, 4.69) is 0 Å². The number of thiocarbonyl (C=S) groups is 1. The van der Waals surface area contributed by atoms with Crippen molar-refractivity contribution in [3.63, 3.8) is 0 Å². The van der Waals surface area contributed by atoms with Gasteiger partial charge in [-0.3, -0.25) is 9.69 Å². The molecule has 3 rings (SSSR count). The third-order valence-electron chi connectivity index (χ3n) is 3.80. The Hall–Kier alpha value is -2.62. The van der Waals surface area contributed by atoms with E-state index < -0.39 is 5.97 Å². The molecule has 28 heavy (non-hydrogen) atoms. The van der Waals surface area contributed by atoms with Gasteiger partial charge in [0.05, 0.1) is 31.4 Å². The third kappa shape index (κ3) is 4.44. The fourth-order valence-electron chi connectivity index (χ4n) is 2.43. The molecule has 0 unspecified atom stereocenters. The Kier molecular flexibility index (Phi) is 6.50. The van der Waals surface area contributed by atoms with Crippen molar-refractivity contribution in [1.29, 1.82) is 0 Å². The molecule has 9 heteroatoms. The average molecular weight is 419 g/mol. The molecular weight excluding hydrogens is 402 g/mol. The first-order valence-corrected chi connectivity index (χ1v) is 9.44. The lowest BCUT2D eigenvalue weighted by Crippen LogP contribution is -2.31. The van der Waals surface area contributed by atoms with Gasteiger partial charge in [-0.05, 0) is 35.9 Å². The maximum Gasteiger partial charge on any atom is 0.379 e. The molecule has 1 saturated heterocycles. The lowest BCUT2D eigenvalue weighted by Gasteiger charge is -2.13. The van der Waals surface area contributed by atoms with Crippen LogP contribution in [0.15, 0.2) is 45.9 Å². The summed E-state index contributed by atoms with van der Waals surface area (Å²) in [5.41, 5.74) is 0.710. The summed E-state index contributed by atoms with van der Waals surface area (Å²) in [4.78, 5) is 26.6. The molecule has 1 aromatic carbocycles. The maximum atomic E-state index is 12.5. The molecule has 1 aliphatic rings. The van der Waals surface area contributed by atoms with Gasteiger partial charge in [-0.25, -0.2) is 4.79 Å². The van der Waals surface area contributed by atoms with Crippen molar-refractivity contribution in [1.82, 2.24) is 4.90 Å². The number of esters is 1. The van der Waals surface area contributed by atoms with Crippen LogP contribution < -0.4 is 9.47 Å². The standard InChI is InChI=1S/C19H17NO6S2/c1-23-9-7-20-17(21)16(28-19(20)27)11-12-5-6-13(15(10-12)24-2)26-18(22)14-4-3-8-25-14/h3-6,8,10-11H,7,9H2,1-2H3. The summed E-state index contributed by atoms with van der Waals surface area (Å²) >= 11 is 6.49. The van der Waals surface area contributed by atoms with Crippen molar-refractivity contribution in [2.24, 2.45) is 0 Å². The number of benzene rings is 1. The van der Waals surface area contributed by atoms with Gasteiger partial charge in [-0.15, -0.1) is 0 Å². The molecule has 0 radical (unpaired) electrons. The van der Waals surface area contributed by atoms with Crippen LogP contribution in [0.3, 0.4) is 0 Å². The Labute approximate surface area is 171 Å². The van der Waals surface area contributed by atoms with Crippen molar-refractivity contribution < 1.29 is 28.2 Å². The number of rotatable bonds is 7. The quantitative estimate of drug-likeness (QED) is 0.293. The summed E-state index contributed by atoms with van der Waals surface area (Å²) in [6.07, 6.45) is 3.10. The molecule has 7 nitrogen and oxygen atoms in total. The third-order valence-corrected chi connectivity index (χ3v) is 5.18. The summed E-state index contributed by atoms with van der Waals surface area (Å²) in [7, 11) is 3.04. The highest BCUT2D eigenvalue weighted by atomic mass is 32.2. The number of hydrogen-bond acceptors (Lipinski definition) is 8. The first kappa shape index (κ1) is 20.1. The number of methoxy groups -OCH3 is 2. The Morgan fingerprint density at radius 3 is 2.79 bits per heavy atom. The highest BCUT2D eigenvalue weighted by Crippen LogP contribution is 2.34. The zero-order valence-corrected chi connectivity index (χ0v) is 16.8. The van der Waals surface area contributed by atoms with E-state index in [0.29, 0.717) is 33.7 Å². The fraction of sp³-hybridized carbons (Fsp3) is 0.211. The van der Waals surface area contributed by atoms with Crippen molar-refractivity contribution >= 4 is 46.3 Å². The first-order chi connectivity index (χ1) is 13.5. The van der Waals surface area contributed by atoms with E-state index in [0.717, 1.165) is 0 Å². The monoisotopic (exact) mass is 419 g/mol. The van der Waals surface area contributed by atoms with E-state index in [9.17, 15) is 9.59 Å². The number of nitrogens with zero attached hydrogens (tertiary/aromatic N) is 1. The molecule has 146 valence electrons. The summed E-state index contributed by atoms with van der Waals surface area (Å²) in [5, 5.41) is 0. The van der Waals surface area contributed by atoms with E-state index in [-0.39, 0.29) is 17.4 Å². The minimum atomic E-state index is -0.630. The minimum Gasteiger partial charge on any atom is -0.493 e. The molecule has 0 bridgehead atoms. The maximum absolute atomic E-state index is 12.5. The number of furan rings is 1. The normalized spacial score (nSPS) is 15.4. The molecule has 1 aliphatic heterocycles. The molecule has 1 amide bonds. The van der Waals surface area contributed by atoms with Crippen LogP contribution in [0.2, 0.25) is 0 Å². The molecule has 0 saturated carbocycles. The SMILES string of the molecule is COCCN1C(=O)C(=Cc2ccc(OC(=O)c3ccco3)c(OC)c2)SC1=S. The van der Waals surface area contributed by atoms with Crippen molar-refractivity contribution in [2.75, 3.05) is 27.4 Å². The molecule has 2 heterocycles. The molecule has 0 atom stereocenters. The van der Waals surface area contributed by atoms with Gasteiger partial charge in [-0.2, -0.15) is 0 Å². The van der Waals surface area contributed by atoms with Gasteiger partial charge in [0, 0.05) is 7.11 Å². The predicted molar refractivity (Wildman–Crippen MR) is 108 cm³/mol. The van der Waals surface area contributed by atoms with Crippen LogP contribution in [0.4, 0.5) is 0 Å². The summed E-state index contributed by atoms with van der Waals surface area (Å²) in [6.45, 7) is 0.812. The predicted octanol–water partition coefficient (Wildman–Crippen LogP) is 3.36. The average Bonchev–Trinajstić information content (AvgIpc) is 3.31. The van der Waals surface area contributed by atoms with Gasteiger partial charge in [0.25, 0.3) is 5.91 Å². The van der Waals surface area contributed by atoms with Crippen LogP contribution >= 0.6 is 24.0 Å². The Balaban J connectivity index is 1.78. The molecule has 0 spiro atoms. The second-order valence-corrected chi connectivity index (χ2v) is 7.28. The van der Waals surface area contributed by atoms with Gasteiger partial charge in [0.15, 0.2) is 11.5 Å². The van der Waals surface area contributed by atoms with E-state index in [4.69, 9.17) is 30.8 Å². The van der Waals surface area contributed by atoms with Gasteiger partial charge < -0.3 is 18.6 Å². The van der Waals surface area contributed by atoms with E-state index >= 15 is 0 Å². The number of carbonyl (C=O) groups is 2. The van der Waals surface area contributed by atoms with Gasteiger partial charge in [0.1, 0.15) is 4.32 Å². The number of amides is 1. The smallest absolute Gasteiger partial charge is 0.379 e. The number of ether oxygens (including phenoxy) is 3. The molecule has 1 fully saturated rings. The van der Waals surface area contributed by atoms with E-state index in [1.807, 2.05) is 0 Å². The lowest BCUT2D eigenvalue weighted by atomic mass is 10.2. The Morgan fingerprint density at radius 1 is 1.29 bits per heavy atom.